The third-order valence-electron chi connectivity index (χ3n) is 8.69. The Hall–Kier alpha value is -1.82. The van der Waals surface area contributed by atoms with Gasteiger partial charge in [-0.25, -0.2) is 4.70 Å². The molecule has 2 aromatic carbocycles. The molecule has 1 aliphatic rings. The number of hydrogen-bond donors (Lipinski definition) is 0. The molecule has 3 rings (SSSR count). The standard InChI is InChI=1S/C38H56N2.2C2H5.Pd/c1-8-15-22-32-27-37(33-23-28(16-9-2)35(20-13-6)29(24-33)17-10-3)40(39)38(32)34-25-30(18-11-4)36(21-14-7)31(26-34)19-12-5;2*1-2;/h23-27H,8-22H2,1-7H3;2*1H2,2H3;. The monoisotopic (exact) mass is 704 g/mol. The van der Waals surface area contributed by atoms with E-state index in [0.717, 1.165) is 113 Å². The Morgan fingerprint density at radius 1 is 0.511 bits per heavy atom. The van der Waals surface area contributed by atoms with E-state index in [1.54, 1.807) is 15.8 Å². The van der Waals surface area contributed by atoms with Gasteiger partial charge in [-0.2, -0.15) is 0 Å². The van der Waals surface area contributed by atoms with Crippen LogP contribution in [-0.4, -0.2) is 4.70 Å². The van der Waals surface area contributed by atoms with Crippen LogP contribution in [0.25, 0.3) is 16.9 Å². The molecule has 2 aromatic rings. The summed E-state index contributed by atoms with van der Waals surface area (Å²) in [5, 5.41) is 0. The van der Waals surface area contributed by atoms with Crippen molar-refractivity contribution in [2.75, 3.05) is 0 Å². The van der Waals surface area contributed by atoms with E-state index in [1.807, 2.05) is 0 Å². The van der Waals surface area contributed by atoms with Crippen LogP contribution >= 0.6 is 0 Å². The SMILES string of the molecule is CCCCC1=C(c2cc(CCC)c(CCC)c(CCC)c2)[N+](=[N-])C(c2cc(CCC)c(CCC)c(CCC)c2)=C1.C[CH2][Pd][CH2]C. The zero-order chi connectivity index (χ0) is 33.2. The molecule has 0 bridgehead atoms. The first-order valence-corrected chi connectivity index (χ1v) is 20.8. The Kier molecular flexibility index (Phi) is 19.1. The zero-order valence-electron chi connectivity index (χ0n) is 30.6. The first-order valence-electron chi connectivity index (χ1n) is 18.6. The van der Waals surface area contributed by atoms with Crippen molar-refractivity contribution in [1.82, 2.24) is 0 Å². The van der Waals surface area contributed by atoms with E-state index in [9.17, 15) is 5.53 Å². The summed E-state index contributed by atoms with van der Waals surface area (Å²) in [5.41, 5.74) is 26.6. The second kappa shape index (κ2) is 21.9. The van der Waals surface area contributed by atoms with Crippen molar-refractivity contribution >= 4 is 11.4 Å². The zero-order valence-corrected chi connectivity index (χ0v) is 32.2. The van der Waals surface area contributed by atoms with Crippen molar-refractivity contribution < 1.29 is 22.7 Å². The van der Waals surface area contributed by atoms with E-state index in [1.165, 1.54) is 61.6 Å². The number of unbranched alkanes of at least 4 members (excludes halogenated alkanes) is 1. The van der Waals surface area contributed by atoms with Gasteiger partial charge in [-0.3, -0.25) is 0 Å². The summed E-state index contributed by atoms with van der Waals surface area (Å²) >= 11 is 1.04. The number of rotatable bonds is 19. The van der Waals surface area contributed by atoms with E-state index in [0.29, 0.717) is 0 Å². The summed E-state index contributed by atoms with van der Waals surface area (Å²) in [6.45, 7) is 20.4. The van der Waals surface area contributed by atoms with Gasteiger partial charge in [-0.05, 0) is 109 Å². The Morgan fingerprint density at radius 3 is 1.24 bits per heavy atom. The van der Waals surface area contributed by atoms with E-state index >= 15 is 0 Å². The van der Waals surface area contributed by atoms with Gasteiger partial charge in [-0.15, -0.1) is 0 Å². The molecular weight excluding hydrogens is 639 g/mol. The Bertz CT molecular complexity index is 1210. The average Bonchev–Trinajstić information content (AvgIpc) is 3.35. The van der Waals surface area contributed by atoms with Crippen molar-refractivity contribution in [2.45, 2.75) is 168 Å². The van der Waals surface area contributed by atoms with Crippen molar-refractivity contribution in [2.24, 2.45) is 0 Å². The van der Waals surface area contributed by atoms with Crippen LogP contribution in [0.5, 0.6) is 0 Å². The fourth-order valence-corrected chi connectivity index (χ4v) is 7.55. The quantitative estimate of drug-likeness (QED) is 0.103. The molecule has 3 heteroatoms. The van der Waals surface area contributed by atoms with Crippen LogP contribution in [-0.2, 0) is 56.5 Å². The van der Waals surface area contributed by atoms with E-state index in [-0.39, 0.29) is 0 Å². The van der Waals surface area contributed by atoms with Gasteiger partial charge in [0.15, 0.2) is 0 Å². The predicted octanol–water partition coefficient (Wildman–Crippen LogP) is 13.3. The van der Waals surface area contributed by atoms with Crippen molar-refractivity contribution in [1.29, 1.82) is 0 Å². The molecule has 0 amide bonds. The van der Waals surface area contributed by atoms with Crippen LogP contribution in [0.2, 0.25) is 9.79 Å². The van der Waals surface area contributed by atoms with Crippen LogP contribution in [0, 0.1) is 0 Å². The molecule has 1 heterocycles. The van der Waals surface area contributed by atoms with Crippen LogP contribution in [0.4, 0.5) is 0 Å². The van der Waals surface area contributed by atoms with Gasteiger partial charge in [0.2, 0.25) is 11.4 Å². The molecule has 2 nitrogen and oxygen atoms in total. The minimum atomic E-state index is 0.950. The molecule has 0 saturated heterocycles. The molecular formula is C42H66N2Pd. The van der Waals surface area contributed by atoms with Gasteiger partial charge in [0.1, 0.15) is 0 Å². The predicted molar refractivity (Wildman–Crippen MR) is 196 cm³/mol. The van der Waals surface area contributed by atoms with Gasteiger partial charge >= 0.3 is 41.6 Å². The minimum absolute atomic E-state index is 0.950. The van der Waals surface area contributed by atoms with Crippen LogP contribution in [0.15, 0.2) is 35.9 Å². The molecule has 0 aromatic heterocycles. The van der Waals surface area contributed by atoms with Gasteiger partial charge < -0.3 is 5.53 Å². The molecule has 0 N–H and O–H groups in total. The maximum atomic E-state index is 12.0. The Labute approximate surface area is 287 Å². The number of hydrogen-bond acceptors (Lipinski definition) is 0. The first-order chi connectivity index (χ1) is 21.9. The summed E-state index contributed by atoms with van der Waals surface area (Å²) in [7, 11) is 0. The van der Waals surface area contributed by atoms with Gasteiger partial charge in [-0.1, -0.05) is 93.4 Å². The summed E-state index contributed by atoms with van der Waals surface area (Å²) in [4.78, 5) is 2.79. The van der Waals surface area contributed by atoms with Crippen molar-refractivity contribution in [3.05, 3.63) is 86.0 Å². The number of allylic oxidation sites excluding steroid dienone is 2. The summed E-state index contributed by atoms with van der Waals surface area (Å²) in [6, 6.07) is 9.59. The molecule has 0 saturated carbocycles. The Morgan fingerprint density at radius 2 is 0.911 bits per heavy atom. The number of benzene rings is 2. The molecule has 0 spiro atoms. The van der Waals surface area contributed by atoms with Crippen LogP contribution in [0.3, 0.4) is 0 Å². The second-order valence-electron chi connectivity index (χ2n) is 12.5. The molecule has 0 atom stereocenters. The number of nitrogens with zero attached hydrogens (tertiary/aromatic N) is 2. The van der Waals surface area contributed by atoms with Crippen molar-refractivity contribution in [3.8, 4) is 0 Å². The second-order valence-corrected chi connectivity index (χ2v) is 15.4. The fourth-order valence-electron chi connectivity index (χ4n) is 6.77. The van der Waals surface area contributed by atoms with Gasteiger partial charge in [0.25, 0.3) is 0 Å². The third-order valence-corrected chi connectivity index (χ3v) is 10.2. The van der Waals surface area contributed by atoms with Crippen LogP contribution < -0.4 is 0 Å². The molecule has 254 valence electrons. The van der Waals surface area contributed by atoms with Gasteiger partial charge in [0.05, 0.1) is 0 Å². The summed E-state index contributed by atoms with van der Waals surface area (Å²) in [5.74, 6) is 0. The van der Waals surface area contributed by atoms with E-state index < -0.39 is 0 Å². The Balaban J connectivity index is 0.00000130. The molecule has 1 aliphatic heterocycles. The first kappa shape index (κ1) is 39.4. The maximum absolute atomic E-state index is 12.0. The normalized spacial score (nSPS) is 13.0. The topological polar surface area (TPSA) is 25.3 Å². The van der Waals surface area contributed by atoms with Crippen molar-refractivity contribution in [3.63, 3.8) is 0 Å². The van der Waals surface area contributed by atoms with E-state index in [2.05, 4.69) is 92.7 Å². The molecule has 0 radical (unpaired) electrons. The molecule has 0 fully saturated rings. The van der Waals surface area contributed by atoms with E-state index in [4.69, 9.17) is 0 Å². The fraction of sp³-hybridized carbons (Fsp3) is 0.619. The molecule has 0 unspecified atom stereocenters. The van der Waals surface area contributed by atoms with Gasteiger partial charge in [0, 0.05) is 22.8 Å². The molecule has 45 heavy (non-hydrogen) atoms. The summed E-state index contributed by atoms with van der Waals surface area (Å²) < 4.78 is 1.55. The average molecular weight is 705 g/mol. The number of aryl methyl sites for hydroxylation is 4. The molecule has 0 aliphatic carbocycles. The summed E-state index contributed by atoms with van der Waals surface area (Å²) in [6.07, 6.45) is 19.2. The third kappa shape index (κ3) is 11.1. The van der Waals surface area contributed by atoms with Crippen LogP contribution in [0.1, 0.15) is 165 Å².